The smallest absolute Gasteiger partial charge is 0.227 e. The Hall–Kier alpha value is -2.58. The Labute approximate surface area is 165 Å². The highest BCUT2D eigenvalue weighted by Gasteiger charge is 2.10. The molecule has 4 aromatic rings. The van der Waals surface area contributed by atoms with Gasteiger partial charge in [-0.2, -0.15) is 4.98 Å². The molecular weight excluding hydrogens is 380 g/mol. The summed E-state index contributed by atoms with van der Waals surface area (Å²) < 4.78 is 12.6. The Morgan fingerprint density at radius 1 is 1.22 bits per heavy atom. The number of nitrogens with zero attached hydrogens (tertiary/aromatic N) is 4. The number of benzene rings is 1. The van der Waals surface area contributed by atoms with Gasteiger partial charge in [0.1, 0.15) is 5.75 Å². The summed E-state index contributed by atoms with van der Waals surface area (Å²) in [6.45, 7) is 0. The van der Waals surface area contributed by atoms with Crippen LogP contribution in [0.2, 0.25) is 0 Å². The number of aryl methyl sites for hydroxylation is 1. The predicted molar refractivity (Wildman–Crippen MR) is 107 cm³/mol. The van der Waals surface area contributed by atoms with Gasteiger partial charge in [-0.3, -0.25) is 4.57 Å². The van der Waals surface area contributed by atoms with E-state index in [1.54, 1.807) is 30.2 Å². The third-order valence-corrected chi connectivity index (χ3v) is 5.85. The maximum absolute atomic E-state index is 5.34. The van der Waals surface area contributed by atoms with Crippen molar-refractivity contribution in [2.24, 2.45) is 0 Å². The van der Waals surface area contributed by atoms with Gasteiger partial charge in [-0.05, 0) is 42.1 Å². The molecule has 3 heterocycles. The van der Waals surface area contributed by atoms with Crippen LogP contribution in [0.15, 0.2) is 63.9 Å². The lowest BCUT2D eigenvalue weighted by molar-refractivity contribution is 0.378. The summed E-state index contributed by atoms with van der Waals surface area (Å²) in [6, 6.07) is 11.9. The van der Waals surface area contributed by atoms with Gasteiger partial charge in [-0.15, -0.1) is 11.3 Å². The number of hydrogen-bond donors (Lipinski definition) is 0. The summed E-state index contributed by atoms with van der Waals surface area (Å²) in [4.78, 5) is 9.95. The van der Waals surface area contributed by atoms with Crippen molar-refractivity contribution in [1.82, 2.24) is 19.7 Å². The molecule has 0 amide bonds. The minimum atomic E-state index is 0.669. The molecule has 0 saturated heterocycles. The molecule has 0 radical (unpaired) electrons. The molecule has 0 spiro atoms. The third-order valence-electron chi connectivity index (χ3n) is 3.93. The average Bonchev–Trinajstić information content (AvgIpc) is 3.46. The minimum absolute atomic E-state index is 0.669. The van der Waals surface area contributed by atoms with Crippen LogP contribution in [0, 0.1) is 0 Å². The molecule has 0 fully saturated rings. The summed E-state index contributed by atoms with van der Waals surface area (Å²) >= 11 is 3.32. The van der Waals surface area contributed by atoms with Gasteiger partial charge >= 0.3 is 0 Å². The van der Waals surface area contributed by atoms with Crippen molar-refractivity contribution in [3.8, 4) is 22.1 Å². The molecule has 0 bridgehead atoms. The quantitative estimate of drug-likeness (QED) is 0.316. The molecule has 0 unspecified atom stereocenters. The summed E-state index contributed by atoms with van der Waals surface area (Å²) in [5, 5.41) is 7.02. The van der Waals surface area contributed by atoms with E-state index in [1.165, 1.54) is 0 Å². The first-order chi connectivity index (χ1) is 13.3. The van der Waals surface area contributed by atoms with Crippen LogP contribution in [0.3, 0.4) is 0 Å². The summed E-state index contributed by atoms with van der Waals surface area (Å²) in [5.41, 5.74) is 1.06. The molecular formula is C19H18N4O2S2. The first-order valence-corrected chi connectivity index (χ1v) is 10.4. The maximum atomic E-state index is 5.34. The van der Waals surface area contributed by atoms with Crippen molar-refractivity contribution in [3.63, 3.8) is 0 Å². The zero-order valence-corrected chi connectivity index (χ0v) is 16.4. The van der Waals surface area contributed by atoms with Crippen molar-refractivity contribution in [3.05, 3.63) is 60.1 Å². The first-order valence-electron chi connectivity index (χ1n) is 8.50. The molecule has 4 rings (SSSR count). The Morgan fingerprint density at radius 2 is 2.11 bits per heavy atom. The van der Waals surface area contributed by atoms with E-state index in [0.29, 0.717) is 11.7 Å². The average molecular weight is 399 g/mol. The molecule has 6 nitrogen and oxygen atoms in total. The summed E-state index contributed by atoms with van der Waals surface area (Å²) in [7, 11) is 1.67. The number of imidazole rings is 1. The van der Waals surface area contributed by atoms with E-state index >= 15 is 0 Å². The largest absolute Gasteiger partial charge is 0.497 e. The lowest BCUT2D eigenvalue weighted by atomic mass is 10.3. The Morgan fingerprint density at radius 3 is 2.89 bits per heavy atom. The normalized spacial score (nSPS) is 11.0. The molecule has 0 aliphatic heterocycles. The second-order valence-electron chi connectivity index (χ2n) is 5.72. The predicted octanol–water partition coefficient (Wildman–Crippen LogP) is 4.72. The van der Waals surface area contributed by atoms with Gasteiger partial charge in [0.2, 0.25) is 11.7 Å². The Kier molecular flexibility index (Phi) is 5.55. The molecule has 0 N–H and O–H groups in total. The van der Waals surface area contributed by atoms with Crippen LogP contribution in [0.5, 0.6) is 5.75 Å². The molecule has 1 aromatic carbocycles. The van der Waals surface area contributed by atoms with Crippen LogP contribution < -0.4 is 4.74 Å². The molecule has 3 aromatic heterocycles. The highest BCUT2D eigenvalue weighted by molar-refractivity contribution is 7.99. The van der Waals surface area contributed by atoms with E-state index in [0.717, 1.165) is 40.1 Å². The number of thioether (sulfide) groups is 1. The van der Waals surface area contributed by atoms with Gasteiger partial charge in [0, 0.05) is 30.3 Å². The van der Waals surface area contributed by atoms with Crippen molar-refractivity contribution in [2.75, 3.05) is 12.9 Å². The van der Waals surface area contributed by atoms with Crippen molar-refractivity contribution in [2.45, 2.75) is 18.0 Å². The Bertz CT molecular complexity index is 978. The standard InChI is InChI=1S/C19H18N4O2S2/c1-24-15-8-6-14(7-9-15)23-11-10-20-19(23)27-13-3-5-17-21-18(22-25-17)16-4-2-12-26-16/h2,4,6-12H,3,5,13H2,1H3. The number of rotatable bonds is 8. The zero-order valence-electron chi connectivity index (χ0n) is 14.7. The number of thiophene rings is 1. The van der Waals surface area contributed by atoms with Gasteiger partial charge in [-0.25, -0.2) is 4.98 Å². The highest BCUT2D eigenvalue weighted by Crippen LogP contribution is 2.24. The molecule has 27 heavy (non-hydrogen) atoms. The van der Waals surface area contributed by atoms with Crippen LogP contribution in [0.1, 0.15) is 12.3 Å². The fourth-order valence-corrected chi connectivity index (χ4v) is 4.15. The van der Waals surface area contributed by atoms with Gasteiger partial charge < -0.3 is 9.26 Å². The lowest BCUT2D eigenvalue weighted by Crippen LogP contribution is -1.96. The van der Waals surface area contributed by atoms with E-state index in [-0.39, 0.29) is 0 Å². The molecule has 0 saturated carbocycles. The fraction of sp³-hybridized carbons (Fsp3) is 0.211. The maximum Gasteiger partial charge on any atom is 0.227 e. The van der Waals surface area contributed by atoms with Crippen LogP contribution in [0.25, 0.3) is 16.4 Å². The lowest BCUT2D eigenvalue weighted by Gasteiger charge is -2.08. The van der Waals surface area contributed by atoms with Crippen molar-refractivity contribution < 1.29 is 9.26 Å². The van der Waals surface area contributed by atoms with E-state index < -0.39 is 0 Å². The third kappa shape index (κ3) is 4.23. The minimum Gasteiger partial charge on any atom is -0.497 e. The summed E-state index contributed by atoms with van der Waals surface area (Å²) in [6.07, 6.45) is 5.48. The van der Waals surface area contributed by atoms with Crippen LogP contribution in [0.4, 0.5) is 0 Å². The molecule has 8 heteroatoms. The zero-order chi connectivity index (χ0) is 18.5. The van der Waals surface area contributed by atoms with Crippen LogP contribution >= 0.6 is 23.1 Å². The molecule has 0 atom stereocenters. The molecule has 0 aliphatic rings. The second kappa shape index (κ2) is 8.41. The Balaban J connectivity index is 1.32. The SMILES string of the molecule is COc1ccc(-n2ccnc2SCCCc2nc(-c3cccs3)no2)cc1. The number of aromatic nitrogens is 4. The monoisotopic (exact) mass is 398 g/mol. The van der Waals surface area contributed by atoms with Gasteiger partial charge in [0.05, 0.1) is 12.0 Å². The van der Waals surface area contributed by atoms with E-state index in [9.17, 15) is 0 Å². The van der Waals surface area contributed by atoms with Gasteiger partial charge in [0.15, 0.2) is 5.16 Å². The van der Waals surface area contributed by atoms with Crippen molar-refractivity contribution >= 4 is 23.1 Å². The summed E-state index contributed by atoms with van der Waals surface area (Å²) in [5.74, 6) is 3.11. The number of ether oxygens (including phenoxy) is 1. The molecule has 0 aliphatic carbocycles. The van der Waals surface area contributed by atoms with Gasteiger partial charge in [-0.1, -0.05) is 23.0 Å². The van der Waals surface area contributed by atoms with Crippen molar-refractivity contribution in [1.29, 1.82) is 0 Å². The van der Waals surface area contributed by atoms with E-state index in [1.807, 2.05) is 54.2 Å². The highest BCUT2D eigenvalue weighted by atomic mass is 32.2. The molecule has 138 valence electrons. The first kappa shape index (κ1) is 17.8. The van der Waals surface area contributed by atoms with Crippen LogP contribution in [-0.2, 0) is 6.42 Å². The number of methoxy groups -OCH3 is 1. The topological polar surface area (TPSA) is 66.0 Å². The van der Waals surface area contributed by atoms with E-state index in [2.05, 4.69) is 19.7 Å². The van der Waals surface area contributed by atoms with E-state index in [4.69, 9.17) is 9.26 Å². The second-order valence-corrected chi connectivity index (χ2v) is 7.73. The van der Waals surface area contributed by atoms with Gasteiger partial charge in [0.25, 0.3) is 0 Å². The van der Waals surface area contributed by atoms with Crippen LogP contribution in [-0.4, -0.2) is 32.6 Å². The number of hydrogen-bond acceptors (Lipinski definition) is 7. The fourth-order valence-electron chi connectivity index (χ4n) is 2.58.